The van der Waals surface area contributed by atoms with Gasteiger partial charge in [0, 0.05) is 23.1 Å². The average molecular weight is 563 g/mol. The molecule has 202 valence electrons. The van der Waals surface area contributed by atoms with Gasteiger partial charge in [0.15, 0.2) is 11.0 Å². The molecule has 0 radical (unpaired) electrons. The van der Waals surface area contributed by atoms with Gasteiger partial charge in [0.25, 0.3) is 0 Å². The van der Waals surface area contributed by atoms with Crippen LogP contribution in [-0.2, 0) is 16.1 Å². The van der Waals surface area contributed by atoms with Crippen molar-refractivity contribution in [1.82, 2.24) is 14.8 Å². The topological polar surface area (TPSA) is 95.3 Å². The van der Waals surface area contributed by atoms with Gasteiger partial charge in [0.1, 0.15) is 16.3 Å². The minimum atomic E-state index is -0.499. The Bertz CT molecular complexity index is 1490. The van der Waals surface area contributed by atoms with E-state index in [1.807, 2.05) is 73.2 Å². The number of ether oxygens (including phenoxy) is 2. The molecule has 0 bridgehead atoms. The molecule has 2 aromatic carbocycles. The first kappa shape index (κ1) is 28.1. The van der Waals surface area contributed by atoms with Gasteiger partial charge in [-0.2, -0.15) is 0 Å². The molecule has 0 aliphatic heterocycles. The number of esters is 1. The van der Waals surface area contributed by atoms with Crippen molar-refractivity contribution in [3.63, 3.8) is 0 Å². The highest BCUT2D eigenvalue weighted by atomic mass is 32.2. The molecule has 2 heterocycles. The fourth-order valence-electron chi connectivity index (χ4n) is 4.04. The molecule has 8 nitrogen and oxygen atoms in total. The molecule has 39 heavy (non-hydrogen) atoms. The lowest BCUT2D eigenvalue weighted by Gasteiger charge is -2.10. The first-order valence-corrected chi connectivity index (χ1v) is 14.2. The lowest BCUT2D eigenvalue weighted by molar-refractivity contribution is -0.113. The quantitative estimate of drug-likeness (QED) is 0.129. The second-order valence-electron chi connectivity index (χ2n) is 8.66. The number of amides is 1. The van der Waals surface area contributed by atoms with Crippen LogP contribution in [0.15, 0.2) is 65.7 Å². The van der Waals surface area contributed by atoms with E-state index in [9.17, 15) is 9.59 Å². The van der Waals surface area contributed by atoms with E-state index in [4.69, 9.17) is 9.47 Å². The van der Waals surface area contributed by atoms with Gasteiger partial charge >= 0.3 is 5.97 Å². The average Bonchev–Trinajstić information content (AvgIpc) is 3.53. The molecular formula is C29H30N4O4S2. The maximum atomic E-state index is 13.0. The number of thioether (sulfide) groups is 1. The van der Waals surface area contributed by atoms with Crippen LogP contribution in [0.25, 0.3) is 22.5 Å². The first-order chi connectivity index (χ1) is 18.9. The number of nitrogens with zero attached hydrogens (tertiary/aromatic N) is 3. The first-order valence-electron chi connectivity index (χ1n) is 12.3. The van der Waals surface area contributed by atoms with Crippen LogP contribution in [0.1, 0.15) is 28.4 Å². The molecule has 4 rings (SSSR count). The number of nitrogens with one attached hydrogen (secondary N) is 1. The summed E-state index contributed by atoms with van der Waals surface area (Å²) in [6.45, 7) is 10.8. The Morgan fingerprint density at radius 3 is 2.59 bits per heavy atom. The molecule has 2 aromatic heterocycles. The van der Waals surface area contributed by atoms with Crippen LogP contribution in [0, 0.1) is 13.8 Å². The van der Waals surface area contributed by atoms with E-state index in [1.165, 1.54) is 30.2 Å². The predicted octanol–water partition coefficient (Wildman–Crippen LogP) is 6.39. The number of carbonyl (C=O) groups excluding carboxylic acids is 2. The minimum Gasteiger partial charge on any atom is -0.494 e. The van der Waals surface area contributed by atoms with Crippen molar-refractivity contribution in [3.8, 4) is 28.3 Å². The van der Waals surface area contributed by atoms with Crippen molar-refractivity contribution in [2.45, 2.75) is 32.5 Å². The van der Waals surface area contributed by atoms with Crippen LogP contribution < -0.4 is 10.1 Å². The molecular weight excluding hydrogens is 532 g/mol. The van der Waals surface area contributed by atoms with Crippen molar-refractivity contribution in [2.24, 2.45) is 0 Å². The Kier molecular flexibility index (Phi) is 9.21. The summed E-state index contributed by atoms with van der Waals surface area (Å²) in [6, 6.07) is 13.7. The zero-order valence-electron chi connectivity index (χ0n) is 22.3. The van der Waals surface area contributed by atoms with Crippen molar-refractivity contribution >= 4 is 40.0 Å². The number of hydrogen-bond donors (Lipinski definition) is 1. The summed E-state index contributed by atoms with van der Waals surface area (Å²) in [4.78, 5) is 25.7. The fraction of sp³-hybridized carbons (Fsp3) is 0.241. The molecule has 10 heteroatoms. The van der Waals surface area contributed by atoms with Crippen LogP contribution in [0.3, 0.4) is 0 Å². The summed E-state index contributed by atoms with van der Waals surface area (Å²) in [6.07, 6.45) is 1.76. The Morgan fingerprint density at radius 2 is 1.90 bits per heavy atom. The van der Waals surface area contributed by atoms with Crippen molar-refractivity contribution in [1.29, 1.82) is 0 Å². The minimum absolute atomic E-state index is 0.0792. The summed E-state index contributed by atoms with van der Waals surface area (Å²) in [5.74, 6) is 0.764. The lowest BCUT2D eigenvalue weighted by Crippen LogP contribution is -2.16. The van der Waals surface area contributed by atoms with Crippen LogP contribution in [0.2, 0.25) is 0 Å². The highest BCUT2D eigenvalue weighted by Crippen LogP contribution is 2.38. The molecule has 0 unspecified atom stereocenters. The van der Waals surface area contributed by atoms with E-state index < -0.39 is 5.97 Å². The number of hydrogen-bond acceptors (Lipinski definition) is 8. The Hall–Kier alpha value is -3.89. The number of allylic oxidation sites excluding steroid dienone is 1. The van der Waals surface area contributed by atoms with Crippen molar-refractivity contribution in [3.05, 3.63) is 77.2 Å². The fourth-order valence-corrected chi connectivity index (χ4v) is 5.75. The Balaban J connectivity index is 1.52. The van der Waals surface area contributed by atoms with Crippen LogP contribution in [-0.4, -0.2) is 46.1 Å². The van der Waals surface area contributed by atoms with Gasteiger partial charge in [-0.3, -0.25) is 9.36 Å². The summed E-state index contributed by atoms with van der Waals surface area (Å²) >= 11 is 2.56. The van der Waals surface area contributed by atoms with Crippen LogP contribution >= 0.6 is 23.1 Å². The summed E-state index contributed by atoms with van der Waals surface area (Å²) in [5, 5.41) is 14.5. The maximum absolute atomic E-state index is 13.0. The van der Waals surface area contributed by atoms with Gasteiger partial charge in [-0.05, 0) is 56.2 Å². The largest absolute Gasteiger partial charge is 0.494 e. The molecule has 1 N–H and O–H groups in total. The summed E-state index contributed by atoms with van der Waals surface area (Å²) < 4.78 is 12.5. The summed E-state index contributed by atoms with van der Waals surface area (Å²) in [5.41, 5.74) is 5.00. The highest BCUT2D eigenvalue weighted by Gasteiger charge is 2.24. The van der Waals surface area contributed by atoms with Gasteiger partial charge in [-0.1, -0.05) is 41.6 Å². The number of thiophene rings is 1. The second kappa shape index (κ2) is 12.8. The van der Waals surface area contributed by atoms with Crippen molar-refractivity contribution in [2.75, 3.05) is 24.8 Å². The van der Waals surface area contributed by atoms with Crippen molar-refractivity contribution < 1.29 is 19.1 Å². The number of rotatable bonds is 11. The molecule has 0 aliphatic rings. The zero-order chi connectivity index (χ0) is 27.9. The van der Waals surface area contributed by atoms with E-state index in [2.05, 4.69) is 22.1 Å². The number of carbonyl (C=O) groups is 2. The molecule has 0 atom stereocenters. The number of aryl methyl sites for hydroxylation is 2. The highest BCUT2D eigenvalue weighted by molar-refractivity contribution is 7.99. The number of aromatic nitrogens is 3. The Labute approximate surface area is 236 Å². The standard InChI is InChI=1S/C29H30N4O4S2/c1-6-14-33-26(20-10-12-21(13-11-20)37-7-2)31-32-29(33)39-17-24(34)30-27-25(28(35)36-5)23(16-38-27)22-15-18(3)8-9-19(22)4/h6,8-13,15-16H,1,7,14,17H2,2-5H3,(H,30,34). The van der Waals surface area contributed by atoms with Gasteiger partial charge < -0.3 is 14.8 Å². The van der Waals surface area contributed by atoms with E-state index >= 15 is 0 Å². The van der Waals surface area contributed by atoms with E-state index in [1.54, 1.807) is 6.08 Å². The third-order valence-electron chi connectivity index (χ3n) is 5.90. The zero-order valence-corrected chi connectivity index (χ0v) is 23.9. The van der Waals surface area contributed by atoms with Crippen LogP contribution in [0.4, 0.5) is 5.00 Å². The Morgan fingerprint density at radius 1 is 1.13 bits per heavy atom. The van der Waals surface area contributed by atoms with Crippen LogP contribution in [0.5, 0.6) is 5.75 Å². The van der Waals surface area contributed by atoms with E-state index in [0.29, 0.717) is 34.7 Å². The molecule has 0 fully saturated rings. The molecule has 0 spiro atoms. The van der Waals surface area contributed by atoms with Gasteiger partial charge in [-0.25, -0.2) is 4.79 Å². The molecule has 0 saturated carbocycles. The third-order valence-corrected chi connectivity index (χ3v) is 7.76. The predicted molar refractivity (Wildman–Crippen MR) is 157 cm³/mol. The normalized spacial score (nSPS) is 10.8. The molecule has 4 aromatic rings. The lowest BCUT2D eigenvalue weighted by atomic mass is 9.97. The maximum Gasteiger partial charge on any atom is 0.341 e. The molecule has 0 aliphatic carbocycles. The van der Waals surface area contributed by atoms with E-state index in [0.717, 1.165) is 33.6 Å². The SMILES string of the molecule is C=CCn1c(SCC(=O)Nc2scc(-c3cc(C)ccc3C)c2C(=O)OC)nnc1-c1ccc(OCC)cc1. The number of anilines is 1. The summed E-state index contributed by atoms with van der Waals surface area (Å²) in [7, 11) is 1.34. The molecule has 0 saturated heterocycles. The van der Waals surface area contributed by atoms with Gasteiger partial charge in [0.05, 0.1) is 19.5 Å². The third kappa shape index (κ3) is 6.40. The monoisotopic (exact) mass is 562 g/mol. The number of methoxy groups -OCH3 is 1. The smallest absolute Gasteiger partial charge is 0.341 e. The second-order valence-corrected chi connectivity index (χ2v) is 10.5. The van der Waals surface area contributed by atoms with Gasteiger partial charge in [-0.15, -0.1) is 28.1 Å². The molecule has 1 amide bonds. The van der Waals surface area contributed by atoms with Gasteiger partial charge in [0.2, 0.25) is 5.91 Å². The number of benzene rings is 2. The van der Waals surface area contributed by atoms with E-state index in [-0.39, 0.29) is 11.7 Å².